The number of rotatable bonds is 2. The number of ether oxygens (including phenoxy) is 1. The molecule has 1 unspecified atom stereocenters. The number of morpholine rings is 1. The lowest BCUT2D eigenvalue weighted by atomic mass is 10.1. The molecule has 1 saturated heterocycles. The lowest BCUT2D eigenvalue weighted by molar-refractivity contribution is -0.147. The van der Waals surface area contributed by atoms with Crippen molar-refractivity contribution in [1.82, 2.24) is 9.27 Å². The van der Waals surface area contributed by atoms with Gasteiger partial charge in [-0.05, 0) is 18.5 Å². The molecule has 0 bridgehead atoms. The Morgan fingerprint density at radius 1 is 1.65 bits per heavy atom. The summed E-state index contributed by atoms with van der Waals surface area (Å²) < 4.78 is 9.10. The molecule has 2 rings (SSSR count). The molecule has 0 radical (unpaired) electrons. The summed E-state index contributed by atoms with van der Waals surface area (Å²) in [5.74, 6) is -1.33. The summed E-state index contributed by atoms with van der Waals surface area (Å²) in [5, 5.41) is 10.7. The van der Waals surface area contributed by atoms with E-state index in [-0.39, 0.29) is 12.5 Å². The molecule has 17 heavy (non-hydrogen) atoms. The van der Waals surface area contributed by atoms with Gasteiger partial charge in [0, 0.05) is 11.9 Å². The zero-order valence-electron chi connectivity index (χ0n) is 9.25. The molecule has 2 heterocycles. The maximum Gasteiger partial charge on any atom is 0.328 e. The number of hydrogen-bond donors (Lipinski definition) is 1. The van der Waals surface area contributed by atoms with Crippen molar-refractivity contribution in [2.75, 3.05) is 19.8 Å². The van der Waals surface area contributed by atoms with Gasteiger partial charge in [-0.2, -0.15) is 4.37 Å². The summed E-state index contributed by atoms with van der Waals surface area (Å²) in [6, 6.07) is -0.907. The van der Waals surface area contributed by atoms with Gasteiger partial charge < -0.3 is 14.7 Å². The van der Waals surface area contributed by atoms with Crippen molar-refractivity contribution >= 4 is 23.4 Å². The van der Waals surface area contributed by atoms with Gasteiger partial charge in [0.1, 0.15) is 0 Å². The van der Waals surface area contributed by atoms with Crippen LogP contribution in [-0.4, -0.2) is 52.1 Å². The monoisotopic (exact) mass is 256 g/mol. The Balaban J connectivity index is 2.23. The first kappa shape index (κ1) is 12.0. The molecule has 0 aromatic carbocycles. The van der Waals surface area contributed by atoms with Crippen LogP contribution in [0.1, 0.15) is 16.1 Å². The molecule has 0 saturated carbocycles. The highest BCUT2D eigenvalue weighted by molar-refractivity contribution is 7.03. The molecule has 6 nitrogen and oxygen atoms in total. The maximum absolute atomic E-state index is 12.2. The third-order valence-electron chi connectivity index (χ3n) is 2.65. The fourth-order valence-corrected chi connectivity index (χ4v) is 2.39. The number of carbonyl (C=O) groups excluding carboxylic acids is 1. The second kappa shape index (κ2) is 4.80. The zero-order valence-corrected chi connectivity index (χ0v) is 10.1. The number of nitrogens with zero attached hydrogens (tertiary/aromatic N) is 2. The van der Waals surface area contributed by atoms with Gasteiger partial charge >= 0.3 is 5.97 Å². The Kier molecular flexibility index (Phi) is 3.39. The first-order chi connectivity index (χ1) is 8.11. The lowest BCUT2D eigenvalue weighted by Crippen LogP contribution is -2.52. The molecule has 1 aliphatic heterocycles. The number of carboxylic acids is 1. The van der Waals surface area contributed by atoms with E-state index in [4.69, 9.17) is 9.84 Å². The smallest absolute Gasteiger partial charge is 0.328 e. The van der Waals surface area contributed by atoms with Crippen LogP contribution in [0.15, 0.2) is 5.38 Å². The summed E-state index contributed by atoms with van der Waals surface area (Å²) in [5.41, 5.74) is 1.11. The minimum atomic E-state index is -1.04. The number of aliphatic carboxylic acids is 1. The second-order valence-electron chi connectivity index (χ2n) is 3.74. The third-order valence-corrected chi connectivity index (χ3v) is 3.38. The number of aromatic nitrogens is 1. The van der Waals surface area contributed by atoms with E-state index in [0.717, 1.165) is 0 Å². The summed E-state index contributed by atoms with van der Waals surface area (Å²) in [7, 11) is 0. The fraction of sp³-hybridized carbons (Fsp3) is 0.500. The highest BCUT2D eigenvalue weighted by atomic mass is 32.1. The first-order valence-corrected chi connectivity index (χ1v) is 5.97. The number of hydrogen-bond acceptors (Lipinski definition) is 5. The Morgan fingerprint density at radius 3 is 3.00 bits per heavy atom. The molecule has 1 aromatic heterocycles. The van der Waals surface area contributed by atoms with Crippen LogP contribution in [0.4, 0.5) is 0 Å². The third kappa shape index (κ3) is 2.29. The largest absolute Gasteiger partial charge is 0.480 e. The molecule has 1 aliphatic rings. The van der Waals surface area contributed by atoms with Crippen molar-refractivity contribution in [2.45, 2.75) is 13.0 Å². The fourth-order valence-electron chi connectivity index (χ4n) is 1.70. The molecule has 1 aromatic rings. The van der Waals surface area contributed by atoms with Crippen molar-refractivity contribution in [1.29, 1.82) is 0 Å². The van der Waals surface area contributed by atoms with E-state index >= 15 is 0 Å². The lowest BCUT2D eigenvalue weighted by Gasteiger charge is -2.32. The number of amides is 1. The summed E-state index contributed by atoms with van der Waals surface area (Å²) in [4.78, 5) is 24.5. The van der Waals surface area contributed by atoms with Crippen LogP contribution < -0.4 is 0 Å². The van der Waals surface area contributed by atoms with Crippen LogP contribution in [0.2, 0.25) is 0 Å². The number of carboxylic acid groups (broad SMARTS) is 1. The second-order valence-corrected chi connectivity index (χ2v) is 4.37. The van der Waals surface area contributed by atoms with Crippen molar-refractivity contribution in [3.63, 3.8) is 0 Å². The van der Waals surface area contributed by atoms with E-state index in [9.17, 15) is 9.59 Å². The first-order valence-electron chi connectivity index (χ1n) is 5.13. The summed E-state index contributed by atoms with van der Waals surface area (Å²) >= 11 is 1.19. The molecule has 1 atom stereocenters. The van der Waals surface area contributed by atoms with Gasteiger partial charge in [0.15, 0.2) is 6.04 Å². The van der Waals surface area contributed by atoms with E-state index in [2.05, 4.69) is 4.37 Å². The van der Waals surface area contributed by atoms with Crippen molar-refractivity contribution in [2.24, 2.45) is 0 Å². The van der Waals surface area contributed by atoms with Gasteiger partial charge in [-0.25, -0.2) is 4.79 Å². The molecule has 0 spiro atoms. The molecule has 92 valence electrons. The number of aryl methyl sites for hydroxylation is 1. The van der Waals surface area contributed by atoms with Gasteiger partial charge in [0.05, 0.1) is 24.5 Å². The molecular weight excluding hydrogens is 244 g/mol. The SMILES string of the molecule is Cc1nscc1C(=O)N1CCOCC1C(=O)O. The average Bonchev–Trinajstić information content (AvgIpc) is 2.74. The van der Waals surface area contributed by atoms with Crippen LogP contribution in [0, 0.1) is 6.92 Å². The summed E-state index contributed by atoms with van der Waals surface area (Å²) in [6.07, 6.45) is 0. The highest BCUT2D eigenvalue weighted by Crippen LogP contribution is 2.16. The Labute approximate surface area is 102 Å². The van der Waals surface area contributed by atoms with E-state index in [0.29, 0.717) is 24.4 Å². The standard InChI is InChI=1S/C10H12N2O4S/c1-6-7(5-17-11-6)9(13)12-2-3-16-4-8(12)10(14)15/h5,8H,2-4H2,1H3,(H,14,15). The van der Waals surface area contributed by atoms with Crippen LogP contribution in [-0.2, 0) is 9.53 Å². The van der Waals surface area contributed by atoms with Crippen LogP contribution in [0.25, 0.3) is 0 Å². The Morgan fingerprint density at radius 2 is 2.41 bits per heavy atom. The summed E-state index contributed by atoms with van der Waals surface area (Å²) in [6.45, 7) is 2.44. The predicted molar refractivity (Wildman–Crippen MR) is 60.1 cm³/mol. The molecule has 1 amide bonds. The number of carbonyl (C=O) groups is 2. The normalized spacial score (nSPS) is 20.3. The van der Waals surface area contributed by atoms with E-state index < -0.39 is 12.0 Å². The van der Waals surface area contributed by atoms with E-state index in [1.165, 1.54) is 16.4 Å². The van der Waals surface area contributed by atoms with Crippen LogP contribution in [0.3, 0.4) is 0 Å². The topological polar surface area (TPSA) is 79.7 Å². The van der Waals surface area contributed by atoms with Gasteiger partial charge in [-0.1, -0.05) is 0 Å². The van der Waals surface area contributed by atoms with Gasteiger partial charge in [0.25, 0.3) is 5.91 Å². The average molecular weight is 256 g/mol. The van der Waals surface area contributed by atoms with Crippen molar-refractivity contribution in [3.8, 4) is 0 Å². The Bertz CT molecular complexity index is 445. The van der Waals surface area contributed by atoms with Crippen molar-refractivity contribution in [3.05, 3.63) is 16.6 Å². The molecule has 7 heteroatoms. The molecule has 1 fully saturated rings. The van der Waals surface area contributed by atoms with Crippen LogP contribution >= 0.6 is 11.5 Å². The van der Waals surface area contributed by atoms with E-state index in [1.807, 2.05) is 0 Å². The van der Waals surface area contributed by atoms with Gasteiger partial charge in [-0.3, -0.25) is 4.79 Å². The quantitative estimate of drug-likeness (QED) is 0.827. The molecular formula is C10H12N2O4S. The van der Waals surface area contributed by atoms with Gasteiger partial charge in [-0.15, -0.1) is 0 Å². The predicted octanol–water partition coefficient (Wildman–Crippen LogP) is 0.377. The molecule has 1 N–H and O–H groups in total. The van der Waals surface area contributed by atoms with Gasteiger partial charge in [0.2, 0.25) is 0 Å². The maximum atomic E-state index is 12.2. The van der Waals surface area contributed by atoms with Crippen molar-refractivity contribution < 1.29 is 19.4 Å². The highest BCUT2D eigenvalue weighted by Gasteiger charge is 2.34. The van der Waals surface area contributed by atoms with Crippen LogP contribution in [0.5, 0.6) is 0 Å². The Hall–Kier alpha value is -1.47. The van der Waals surface area contributed by atoms with E-state index in [1.54, 1.807) is 12.3 Å². The zero-order chi connectivity index (χ0) is 12.4. The minimum Gasteiger partial charge on any atom is -0.480 e. The minimum absolute atomic E-state index is 0.0394. The molecule has 0 aliphatic carbocycles.